The van der Waals surface area contributed by atoms with Gasteiger partial charge in [0.2, 0.25) is 0 Å². The second-order valence-electron chi connectivity index (χ2n) is 6.31. The Morgan fingerprint density at radius 2 is 1.76 bits per heavy atom. The Morgan fingerprint density at radius 1 is 1.10 bits per heavy atom. The fourth-order valence-electron chi connectivity index (χ4n) is 3.31. The summed E-state index contributed by atoms with van der Waals surface area (Å²) in [4.78, 5) is 0. The second kappa shape index (κ2) is 4.67. The average molecular weight is 276 g/mol. The molecule has 0 amide bonds. The van der Waals surface area contributed by atoms with Crippen molar-refractivity contribution in [1.82, 2.24) is 0 Å². The van der Waals surface area contributed by atoms with Crippen molar-refractivity contribution in [2.75, 3.05) is 0 Å². The fraction of sp³-hybridized carbons (Fsp3) is 0.300. The third-order valence-corrected chi connectivity index (χ3v) is 4.74. The van der Waals surface area contributed by atoms with E-state index in [1.807, 2.05) is 26.0 Å². The van der Waals surface area contributed by atoms with Gasteiger partial charge in [-0.15, -0.1) is 6.42 Å². The third-order valence-electron chi connectivity index (χ3n) is 4.74. The van der Waals surface area contributed by atoms with Crippen LogP contribution in [0, 0.1) is 26.2 Å². The van der Waals surface area contributed by atoms with Crippen molar-refractivity contribution in [2.45, 2.75) is 39.0 Å². The van der Waals surface area contributed by atoms with Crippen molar-refractivity contribution in [3.63, 3.8) is 0 Å². The predicted octanol–water partition coefficient (Wildman–Crippen LogP) is 4.51. The van der Waals surface area contributed by atoms with Crippen LogP contribution in [-0.2, 0) is 11.8 Å². The molecule has 1 aliphatic rings. The summed E-state index contributed by atoms with van der Waals surface area (Å²) in [6.45, 7) is 6.02. The van der Waals surface area contributed by atoms with E-state index in [-0.39, 0.29) is 5.41 Å². The summed E-state index contributed by atoms with van der Waals surface area (Å²) in [6, 6.07) is 10.7. The van der Waals surface area contributed by atoms with Gasteiger partial charge in [-0.05, 0) is 79.1 Å². The lowest BCUT2D eigenvalue weighted by Crippen LogP contribution is -2.14. The summed E-state index contributed by atoms with van der Waals surface area (Å²) >= 11 is 0. The standard InChI is InChI=1S/C20H20O/c1-5-20(4)9-8-16-12-15(6-7-18(16)20)17-10-13(2)19(21)14(3)11-17/h1,6-7,10-12,21H,8-9H2,2-4H3. The number of hydrogen-bond acceptors (Lipinski definition) is 1. The zero-order valence-corrected chi connectivity index (χ0v) is 12.8. The molecule has 0 spiro atoms. The minimum absolute atomic E-state index is 0.116. The summed E-state index contributed by atoms with van der Waals surface area (Å²) in [5.74, 6) is 3.34. The van der Waals surface area contributed by atoms with E-state index in [2.05, 4.69) is 31.0 Å². The highest BCUT2D eigenvalue weighted by Gasteiger charge is 2.32. The lowest BCUT2D eigenvalue weighted by molar-refractivity contribution is 0.467. The number of rotatable bonds is 1. The van der Waals surface area contributed by atoms with E-state index < -0.39 is 0 Å². The topological polar surface area (TPSA) is 20.2 Å². The Kier molecular flexibility index (Phi) is 3.06. The zero-order valence-electron chi connectivity index (χ0n) is 12.8. The van der Waals surface area contributed by atoms with Crippen molar-refractivity contribution >= 4 is 0 Å². The molecule has 1 unspecified atom stereocenters. The van der Waals surface area contributed by atoms with E-state index >= 15 is 0 Å². The van der Waals surface area contributed by atoms with Crippen LogP contribution in [0.3, 0.4) is 0 Å². The van der Waals surface area contributed by atoms with E-state index in [9.17, 15) is 5.11 Å². The smallest absolute Gasteiger partial charge is 0.121 e. The number of fused-ring (bicyclic) bond motifs is 1. The van der Waals surface area contributed by atoms with Gasteiger partial charge in [0, 0.05) is 0 Å². The Bertz CT molecular complexity index is 741. The molecule has 1 heteroatoms. The first-order valence-electron chi connectivity index (χ1n) is 7.36. The largest absolute Gasteiger partial charge is 0.507 e. The molecule has 106 valence electrons. The molecule has 1 nitrogen and oxygen atoms in total. The summed E-state index contributed by atoms with van der Waals surface area (Å²) < 4.78 is 0. The van der Waals surface area contributed by atoms with Crippen LogP contribution in [0.15, 0.2) is 30.3 Å². The molecule has 3 rings (SSSR count). The van der Waals surface area contributed by atoms with E-state index in [4.69, 9.17) is 6.42 Å². The zero-order chi connectivity index (χ0) is 15.2. The van der Waals surface area contributed by atoms with Crippen molar-refractivity contribution in [1.29, 1.82) is 0 Å². The molecule has 0 saturated carbocycles. The minimum Gasteiger partial charge on any atom is -0.507 e. The molecule has 2 aromatic carbocycles. The van der Waals surface area contributed by atoms with E-state index in [0.29, 0.717) is 5.75 Å². The highest BCUT2D eigenvalue weighted by molar-refractivity contribution is 5.69. The second-order valence-corrected chi connectivity index (χ2v) is 6.31. The molecule has 1 atom stereocenters. The Labute approximate surface area is 126 Å². The molecule has 0 aromatic heterocycles. The van der Waals surface area contributed by atoms with Crippen LogP contribution in [0.25, 0.3) is 11.1 Å². The van der Waals surface area contributed by atoms with Crippen LogP contribution >= 0.6 is 0 Å². The van der Waals surface area contributed by atoms with Gasteiger partial charge < -0.3 is 5.11 Å². The van der Waals surface area contributed by atoms with E-state index in [1.165, 1.54) is 16.7 Å². The van der Waals surface area contributed by atoms with Gasteiger partial charge in [0.05, 0.1) is 5.41 Å². The van der Waals surface area contributed by atoms with E-state index in [0.717, 1.165) is 29.5 Å². The molecule has 0 bridgehead atoms. The molecule has 2 aromatic rings. The summed E-state index contributed by atoms with van der Waals surface area (Å²) in [6.07, 6.45) is 7.78. The molecule has 1 N–H and O–H groups in total. The van der Waals surface area contributed by atoms with Gasteiger partial charge in [-0.1, -0.05) is 24.1 Å². The molecule has 0 radical (unpaired) electrons. The van der Waals surface area contributed by atoms with E-state index in [1.54, 1.807) is 0 Å². The fourth-order valence-corrected chi connectivity index (χ4v) is 3.31. The molecular formula is C20H20O. The first-order valence-corrected chi connectivity index (χ1v) is 7.36. The van der Waals surface area contributed by atoms with Crippen LogP contribution in [0.5, 0.6) is 5.75 Å². The SMILES string of the molecule is C#CC1(C)CCc2cc(-c3cc(C)c(O)c(C)c3)ccc21. The molecule has 0 aliphatic heterocycles. The quantitative estimate of drug-likeness (QED) is 0.760. The van der Waals surface area contributed by atoms with Gasteiger partial charge >= 0.3 is 0 Å². The molecule has 0 fully saturated rings. The van der Waals surface area contributed by atoms with Gasteiger partial charge in [0.1, 0.15) is 5.75 Å². The molecule has 21 heavy (non-hydrogen) atoms. The summed E-state index contributed by atoms with van der Waals surface area (Å²) in [7, 11) is 0. The van der Waals surface area contributed by atoms with Crippen LogP contribution in [-0.4, -0.2) is 5.11 Å². The van der Waals surface area contributed by atoms with Crippen molar-refractivity contribution < 1.29 is 5.11 Å². The number of hydrogen-bond donors (Lipinski definition) is 1. The maximum absolute atomic E-state index is 9.91. The van der Waals surface area contributed by atoms with Crippen LogP contribution in [0.1, 0.15) is 35.6 Å². The van der Waals surface area contributed by atoms with Gasteiger partial charge in [0.15, 0.2) is 0 Å². The summed E-state index contributed by atoms with van der Waals surface area (Å²) in [5.41, 5.74) is 6.71. The molecule has 0 saturated heterocycles. The van der Waals surface area contributed by atoms with Crippen molar-refractivity contribution in [2.24, 2.45) is 0 Å². The van der Waals surface area contributed by atoms with Gasteiger partial charge in [0.25, 0.3) is 0 Å². The Balaban J connectivity index is 2.09. The van der Waals surface area contributed by atoms with Crippen LogP contribution in [0.2, 0.25) is 0 Å². The van der Waals surface area contributed by atoms with Crippen LogP contribution < -0.4 is 0 Å². The highest BCUT2D eigenvalue weighted by atomic mass is 16.3. The van der Waals surface area contributed by atoms with Crippen molar-refractivity contribution in [3.05, 3.63) is 52.6 Å². The van der Waals surface area contributed by atoms with Crippen molar-refractivity contribution in [3.8, 4) is 29.2 Å². The maximum Gasteiger partial charge on any atom is 0.121 e. The Hall–Kier alpha value is -2.20. The number of aromatic hydroxyl groups is 1. The normalized spacial score (nSPS) is 20.1. The summed E-state index contributed by atoms with van der Waals surface area (Å²) in [5, 5.41) is 9.91. The number of phenols is 1. The van der Waals surface area contributed by atoms with Gasteiger partial charge in [-0.2, -0.15) is 0 Å². The molecule has 1 aliphatic carbocycles. The predicted molar refractivity (Wildman–Crippen MR) is 87.5 cm³/mol. The number of aryl methyl sites for hydroxylation is 3. The molecule has 0 heterocycles. The minimum atomic E-state index is -0.116. The molecular weight excluding hydrogens is 256 g/mol. The van der Waals surface area contributed by atoms with Gasteiger partial charge in [-0.3, -0.25) is 0 Å². The lowest BCUT2D eigenvalue weighted by atomic mass is 9.84. The highest BCUT2D eigenvalue weighted by Crippen LogP contribution is 2.40. The first kappa shape index (κ1) is 13.8. The lowest BCUT2D eigenvalue weighted by Gasteiger charge is -2.18. The Morgan fingerprint density at radius 3 is 2.38 bits per heavy atom. The maximum atomic E-state index is 9.91. The number of phenolic OH excluding ortho intramolecular Hbond substituents is 1. The monoisotopic (exact) mass is 276 g/mol. The van der Waals surface area contributed by atoms with Crippen LogP contribution in [0.4, 0.5) is 0 Å². The van der Waals surface area contributed by atoms with Gasteiger partial charge in [-0.25, -0.2) is 0 Å². The average Bonchev–Trinajstić information content (AvgIpc) is 2.82. The first-order chi connectivity index (χ1) is 9.94. The third kappa shape index (κ3) is 2.12. The number of benzene rings is 2. The number of terminal acetylenes is 1.